The number of carbonyl (C=O) groups excluding carboxylic acids is 3. The number of aliphatic hydroxyl groups is 10. The molecule has 3 fully saturated rings. The summed E-state index contributed by atoms with van der Waals surface area (Å²) in [5.41, 5.74) is 0. The Bertz CT molecular complexity index is 2120. The second kappa shape index (κ2) is 53.3. The van der Waals surface area contributed by atoms with Gasteiger partial charge in [0.15, 0.2) is 18.7 Å². The van der Waals surface area contributed by atoms with E-state index in [2.05, 4.69) is 27.7 Å². The summed E-state index contributed by atoms with van der Waals surface area (Å²) >= 11 is 0. The molecule has 0 aromatic heterocycles. The number of unbranched alkanes of at least 4 members (excludes halogenated alkanes) is 31. The van der Waals surface area contributed by atoms with Gasteiger partial charge in [-0.1, -0.05) is 258 Å². The first kappa shape index (κ1) is 88.7. The Morgan fingerprint density at radius 3 is 1.30 bits per heavy atom. The Kier molecular flexibility index (Phi) is 48.7. The van der Waals surface area contributed by atoms with Crippen LogP contribution in [0.2, 0.25) is 0 Å². The predicted molar refractivity (Wildman–Crippen MR) is 365 cm³/mol. The summed E-state index contributed by atoms with van der Waals surface area (Å²) in [5, 5.41) is 110. The molecule has 0 bridgehead atoms. The molecule has 0 aromatic carbocycles. The molecule has 2 aliphatic heterocycles. The molecular weight excluding hydrogens is 1280 g/mol. The van der Waals surface area contributed by atoms with Crippen LogP contribution in [0, 0.1) is 5.92 Å². The summed E-state index contributed by atoms with van der Waals surface area (Å²) in [6, 6.07) is 0. The number of allylic oxidation sites excluding steroid dienone is 3. The van der Waals surface area contributed by atoms with Crippen LogP contribution in [0.3, 0.4) is 0 Å². The fraction of sp³-hybridized carbons (Fsp3) is 0.903. The van der Waals surface area contributed by atoms with Crippen LogP contribution in [0.15, 0.2) is 24.3 Å². The molecule has 19 atom stereocenters. The van der Waals surface area contributed by atoms with Gasteiger partial charge >= 0.3 is 25.7 Å². The average Bonchev–Trinajstić information content (AvgIpc) is 0.771. The first-order valence-electron chi connectivity index (χ1n) is 37.6. The lowest BCUT2D eigenvalue weighted by Gasteiger charge is -2.49. The first-order valence-corrected chi connectivity index (χ1v) is 39.0. The van der Waals surface area contributed by atoms with Gasteiger partial charge in [-0.25, -0.2) is 9.36 Å². The van der Waals surface area contributed by atoms with Crippen LogP contribution >= 0.6 is 7.82 Å². The molecule has 24 nitrogen and oxygen atoms in total. The van der Waals surface area contributed by atoms with Crippen molar-refractivity contribution in [3.63, 3.8) is 0 Å². The highest BCUT2D eigenvalue weighted by Crippen LogP contribution is 2.49. The summed E-state index contributed by atoms with van der Waals surface area (Å²) in [5.74, 6) is -1.55. The van der Waals surface area contributed by atoms with Gasteiger partial charge in [-0.3, -0.25) is 18.6 Å². The molecule has 97 heavy (non-hydrogen) atoms. The van der Waals surface area contributed by atoms with E-state index in [-0.39, 0.29) is 12.8 Å². The lowest BCUT2D eigenvalue weighted by Crippen LogP contribution is -2.69. The summed E-state index contributed by atoms with van der Waals surface area (Å²) in [4.78, 5) is 50.8. The normalized spacial score (nSPS) is 28.2. The number of aliphatic hydroxyl groups excluding tert-OH is 10. The third-order valence-corrected chi connectivity index (χ3v) is 19.7. The van der Waals surface area contributed by atoms with E-state index >= 15 is 0 Å². The smallest absolute Gasteiger partial charge is 0.463 e. The predicted octanol–water partition coefficient (Wildman–Crippen LogP) is 9.98. The van der Waals surface area contributed by atoms with Gasteiger partial charge in [0.25, 0.3) is 0 Å². The topological polar surface area (TPSA) is 374 Å². The van der Waals surface area contributed by atoms with Gasteiger partial charge in [0.2, 0.25) is 0 Å². The maximum absolute atomic E-state index is 14.3. The Labute approximate surface area is 579 Å². The molecule has 0 aromatic rings. The number of carbonyl (C=O) groups is 3. The fourth-order valence-corrected chi connectivity index (χ4v) is 13.5. The summed E-state index contributed by atoms with van der Waals surface area (Å²) in [6.07, 6.45) is 11.9. The summed E-state index contributed by atoms with van der Waals surface area (Å²) < 4.78 is 64.8. The molecule has 19 unspecified atom stereocenters. The van der Waals surface area contributed by atoms with E-state index in [1.54, 1.807) is 6.08 Å². The van der Waals surface area contributed by atoms with Gasteiger partial charge in [-0.15, -0.1) is 0 Å². The molecule has 25 heteroatoms. The van der Waals surface area contributed by atoms with E-state index in [0.29, 0.717) is 18.8 Å². The number of hydrogen-bond donors (Lipinski definition) is 11. The maximum atomic E-state index is 14.3. The van der Waals surface area contributed by atoms with Gasteiger partial charge in [-0.2, -0.15) is 0 Å². The van der Waals surface area contributed by atoms with Crippen molar-refractivity contribution < 1.29 is 117 Å². The van der Waals surface area contributed by atoms with E-state index in [0.717, 1.165) is 96.0 Å². The number of ether oxygens (including phenoxy) is 7. The van der Waals surface area contributed by atoms with Crippen LogP contribution in [0.4, 0.5) is 0 Å². The molecule has 11 N–H and O–H groups in total. The van der Waals surface area contributed by atoms with Crippen LogP contribution in [0.25, 0.3) is 0 Å². The molecule has 0 spiro atoms. The largest absolute Gasteiger partial charge is 0.472 e. The first-order chi connectivity index (χ1) is 46.7. The Hall–Kier alpha value is -2.56. The average molecular weight is 1410 g/mol. The van der Waals surface area contributed by atoms with Crippen molar-refractivity contribution in [2.45, 2.75) is 382 Å². The van der Waals surface area contributed by atoms with Crippen molar-refractivity contribution in [1.29, 1.82) is 0 Å². The monoisotopic (exact) mass is 1410 g/mol. The number of rotatable bonds is 57. The molecule has 1 saturated carbocycles. The van der Waals surface area contributed by atoms with Crippen molar-refractivity contribution >= 4 is 25.7 Å². The Morgan fingerprint density at radius 1 is 0.454 bits per heavy atom. The second-order valence-corrected chi connectivity index (χ2v) is 28.8. The van der Waals surface area contributed by atoms with E-state index < -0.39 is 156 Å². The van der Waals surface area contributed by atoms with Crippen molar-refractivity contribution in [1.82, 2.24) is 0 Å². The zero-order valence-corrected chi connectivity index (χ0v) is 60.2. The third-order valence-electron chi connectivity index (χ3n) is 18.7. The molecule has 568 valence electrons. The molecule has 3 rings (SSSR count). The van der Waals surface area contributed by atoms with E-state index in [1.807, 2.05) is 6.08 Å². The lowest BCUT2D eigenvalue weighted by molar-refractivity contribution is -0.360. The number of hydrogen-bond acceptors (Lipinski definition) is 23. The van der Waals surface area contributed by atoms with E-state index in [4.69, 9.17) is 42.2 Å². The van der Waals surface area contributed by atoms with E-state index in [9.17, 15) is 74.9 Å². The lowest BCUT2D eigenvalue weighted by atomic mass is 9.84. The van der Waals surface area contributed by atoms with E-state index in [1.165, 1.54) is 141 Å². The van der Waals surface area contributed by atoms with Gasteiger partial charge in [0.05, 0.1) is 13.2 Å². The molecule has 1 aliphatic carbocycles. The Balaban J connectivity index is 1.76. The number of phosphoric ester groups is 1. The van der Waals surface area contributed by atoms with Gasteiger partial charge in [0, 0.05) is 18.9 Å². The van der Waals surface area contributed by atoms with Crippen molar-refractivity contribution in [3.05, 3.63) is 24.3 Å². The minimum absolute atomic E-state index is 0.0256. The van der Waals surface area contributed by atoms with Gasteiger partial charge in [0.1, 0.15) is 98.7 Å². The molecule has 3 aliphatic rings. The molecule has 2 heterocycles. The minimum atomic E-state index is -5.72. The molecular formula is C72H131O24P. The maximum Gasteiger partial charge on any atom is 0.472 e. The Morgan fingerprint density at radius 2 is 0.845 bits per heavy atom. The van der Waals surface area contributed by atoms with Crippen molar-refractivity contribution in [2.75, 3.05) is 26.4 Å². The molecule has 0 radical (unpaired) electrons. The standard InChI is InChI=1S/C72H131O24P/c1-5-8-11-14-17-19-21-22-23-24-26-28-30-37-42-47-58(76)91-53(49-88-56(74)45-40-35-29-27-25-20-18-15-12-9-6-2)50-90-97(86,87)96-70-68(94-71-66(84)61(79)59(77)54(48-73)92-71)64(82)63(81)65(83)69(70)95-72-67(85)62(80)60(78)55(93-72)51-89-57(75)46-41-36-32-31-34-39-44-52(4)43-38-33-16-13-10-7-3/h30,37,42,47,52-55,59-73,77-85H,5-29,31-36,38-41,43-46,48-51H2,1-4H3,(H,86,87)/b37-30+,47-42+. The van der Waals surface area contributed by atoms with Crippen molar-refractivity contribution in [3.8, 4) is 0 Å². The summed E-state index contributed by atoms with van der Waals surface area (Å²) in [7, 11) is -5.72. The summed E-state index contributed by atoms with van der Waals surface area (Å²) in [6.45, 7) is 5.64. The zero-order chi connectivity index (χ0) is 71.2. The van der Waals surface area contributed by atoms with Gasteiger partial charge in [-0.05, 0) is 31.6 Å². The van der Waals surface area contributed by atoms with Crippen LogP contribution in [0.1, 0.15) is 278 Å². The highest BCUT2D eigenvalue weighted by atomic mass is 31.2. The number of esters is 3. The molecule has 2 saturated heterocycles. The van der Waals surface area contributed by atoms with Gasteiger partial charge < -0.3 is 89.1 Å². The SMILES string of the molecule is CCCCCCCCCCCCC/C=C/C=C/C(=O)OC(COC(=O)CCCCCCCCCCCCC)COP(=O)(O)OC1C(OC2OC(CO)C(O)C(O)C2O)C(O)C(O)C(O)C1OC1OC(COC(=O)CCCCCCCCC(C)CCCCCCCC)C(O)C(O)C1O. The highest BCUT2D eigenvalue weighted by Gasteiger charge is 2.58. The van der Waals surface area contributed by atoms with Crippen LogP contribution in [0.5, 0.6) is 0 Å². The fourth-order valence-electron chi connectivity index (χ4n) is 12.5. The van der Waals surface area contributed by atoms with Crippen LogP contribution in [-0.4, -0.2) is 204 Å². The quantitative estimate of drug-likeness (QED) is 0.00673. The van der Waals surface area contributed by atoms with Crippen LogP contribution in [-0.2, 0) is 61.2 Å². The van der Waals surface area contributed by atoms with Crippen molar-refractivity contribution in [2.24, 2.45) is 5.92 Å². The second-order valence-electron chi connectivity index (χ2n) is 27.4. The molecule has 0 amide bonds. The highest BCUT2D eigenvalue weighted by molar-refractivity contribution is 7.47. The minimum Gasteiger partial charge on any atom is -0.463 e. The third kappa shape index (κ3) is 36.9. The zero-order valence-electron chi connectivity index (χ0n) is 59.3. The van der Waals surface area contributed by atoms with Crippen LogP contribution < -0.4 is 0 Å². The number of phosphoric acid groups is 1.